The second kappa shape index (κ2) is 8.05. The molecule has 3 unspecified atom stereocenters. The van der Waals surface area contributed by atoms with Gasteiger partial charge in [-0.1, -0.05) is 11.6 Å². The predicted molar refractivity (Wildman–Crippen MR) is 111 cm³/mol. The van der Waals surface area contributed by atoms with Crippen molar-refractivity contribution in [3.8, 4) is 0 Å². The molecule has 0 N–H and O–H groups in total. The summed E-state index contributed by atoms with van der Waals surface area (Å²) in [5, 5.41) is 0. The van der Waals surface area contributed by atoms with E-state index >= 15 is 0 Å². The number of hydrogen-bond donors (Lipinski definition) is 0. The van der Waals surface area contributed by atoms with Gasteiger partial charge in [0.15, 0.2) is 0 Å². The van der Waals surface area contributed by atoms with E-state index < -0.39 is 12.2 Å². The summed E-state index contributed by atoms with van der Waals surface area (Å²) in [6, 6.07) is 2.96. The van der Waals surface area contributed by atoms with Crippen LogP contribution in [-0.2, 0) is 17.8 Å². The fourth-order valence-corrected chi connectivity index (χ4v) is 5.26. The van der Waals surface area contributed by atoms with Crippen molar-refractivity contribution < 1.29 is 17.9 Å². The maximum absolute atomic E-state index is 13.9. The van der Waals surface area contributed by atoms with Crippen molar-refractivity contribution in [1.82, 2.24) is 9.55 Å². The van der Waals surface area contributed by atoms with Gasteiger partial charge < -0.3 is 14.5 Å². The van der Waals surface area contributed by atoms with Crippen molar-refractivity contribution in [3.63, 3.8) is 0 Å². The summed E-state index contributed by atoms with van der Waals surface area (Å²) in [4.78, 5) is 21.2. The molecule has 0 radical (unpaired) electrons. The third-order valence-electron chi connectivity index (χ3n) is 5.50. The van der Waals surface area contributed by atoms with Gasteiger partial charge in [0.2, 0.25) is 5.95 Å². The van der Waals surface area contributed by atoms with E-state index in [9.17, 15) is 18.0 Å². The molecule has 2 aromatic heterocycles. The van der Waals surface area contributed by atoms with Gasteiger partial charge in [-0.3, -0.25) is 9.36 Å². The molecule has 11 heteroatoms. The van der Waals surface area contributed by atoms with E-state index in [4.69, 9.17) is 16.3 Å². The molecule has 0 aromatic carbocycles. The number of morpholine rings is 1. The number of hydrogen-bond acceptors (Lipinski definition) is 6. The van der Waals surface area contributed by atoms with Gasteiger partial charge in [0.25, 0.3) is 5.56 Å². The first-order valence-electron chi connectivity index (χ1n) is 9.70. The minimum absolute atomic E-state index is 0.0221. The number of aromatic nitrogens is 2. The average molecular weight is 463 g/mol. The first-order chi connectivity index (χ1) is 14.1. The van der Waals surface area contributed by atoms with Crippen LogP contribution < -0.4 is 15.4 Å². The minimum Gasteiger partial charge on any atom is -0.377 e. The van der Waals surface area contributed by atoms with Gasteiger partial charge in [0.1, 0.15) is 11.9 Å². The monoisotopic (exact) mass is 462 g/mol. The van der Waals surface area contributed by atoms with Crippen LogP contribution in [0.1, 0.15) is 25.1 Å². The Bertz CT molecular complexity index is 969. The zero-order valence-corrected chi connectivity index (χ0v) is 18.1. The molecule has 164 valence electrons. The van der Waals surface area contributed by atoms with Crippen LogP contribution in [0.4, 0.5) is 24.9 Å². The second-order valence-corrected chi connectivity index (χ2v) is 9.53. The number of thiophene rings is 1. The molecular weight excluding hydrogens is 441 g/mol. The maximum Gasteiger partial charge on any atom is 0.408 e. The van der Waals surface area contributed by atoms with Gasteiger partial charge in [0, 0.05) is 17.5 Å². The first-order valence-corrected chi connectivity index (χ1v) is 10.9. The van der Waals surface area contributed by atoms with Gasteiger partial charge in [-0.15, -0.1) is 11.3 Å². The highest BCUT2D eigenvalue weighted by Gasteiger charge is 2.47. The Kier molecular flexibility index (Phi) is 5.75. The zero-order chi connectivity index (χ0) is 21.6. The molecule has 1 saturated heterocycles. The van der Waals surface area contributed by atoms with Crippen molar-refractivity contribution in [2.45, 2.75) is 57.7 Å². The molecule has 3 atom stereocenters. The lowest BCUT2D eigenvalue weighted by molar-refractivity contribution is -0.153. The highest BCUT2D eigenvalue weighted by Crippen LogP contribution is 2.37. The molecule has 30 heavy (non-hydrogen) atoms. The Morgan fingerprint density at radius 3 is 2.57 bits per heavy atom. The molecule has 0 spiro atoms. The van der Waals surface area contributed by atoms with Gasteiger partial charge >= 0.3 is 6.18 Å². The van der Waals surface area contributed by atoms with Crippen LogP contribution in [0.3, 0.4) is 0 Å². The molecule has 2 aromatic rings. The first kappa shape index (κ1) is 21.5. The number of nitrogens with zero attached hydrogens (tertiary/aromatic N) is 4. The molecule has 0 amide bonds. The third-order valence-corrected chi connectivity index (χ3v) is 6.71. The number of fused-ring (bicyclic) bond motifs is 1. The van der Waals surface area contributed by atoms with Crippen LogP contribution in [0.5, 0.6) is 0 Å². The quantitative estimate of drug-likeness (QED) is 0.692. The molecule has 2 aliphatic rings. The van der Waals surface area contributed by atoms with E-state index in [0.717, 1.165) is 0 Å². The number of anilines is 2. The fraction of sp³-hybridized carbons (Fsp3) is 0.579. The molecule has 0 saturated carbocycles. The number of ether oxygens (including phenoxy) is 1. The van der Waals surface area contributed by atoms with Crippen LogP contribution in [0.25, 0.3) is 0 Å². The van der Waals surface area contributed by atoms with E-state index in [1.807, 2.05) is 18.7 Å². The summed E-state index contributed by atoms with van der Waals surface area (Å²) in [6.07, 6.45) is -4.65. The fourth-order valence-electron chi connectivity index (χ4n) is 4.17. The molecule has 2 aliphatic heterocycles. The second-order valence-electron chi connectivity index (χ2n) is 7.73. The van der Waals surface area contributed by atoms with Crippen LogP contribution in [0.15, 0.2) is 23.0 Å². The molecule has 1 fully saturated rings. The number of halogens is 4. The maximum atomic E-state index is 13.9. The van der Waals surface area contributed by atoms with Crippen molar-refractivity contribution in [2.75, 3.05) is 23.0 Å². The summed E-state index contributed by atoms with van der Waals surface area (Å²) in [5.41, 5.74) is -0.351. The molecule has 0 bridgehead atoms. The van der Waals surface area contributed by atoms with Crippen molar-refractivity contribution in [1.29, 1.82) is 0 Å². The summed E-state index contributed by atoms with van der Waals surface area (Å²) < 4.78 is 49.0. The van der Waals surface area contributed by atoms with E-state index in [-0.39, 0.29) is 43.1 Å². The standard InChI is InChI=1S/C19H22ClF3N4O2S/c1-11-9-29-10-12(2)27(11)16-7-17(28)25-6-5-14(19(21,22)23)26(18(25)24-16)8-13-3-4-15(20)30-13/h3-4,7,11-12,14H,5-6,8-10H2,1-2H3. The molecule has 6 nitrogen and oxygen atoms in total. The predicted octanol–water partition coefficient (Wildman–Crippen LogP) is 3.91. The van der Waals surface area contributed by atoms with Crippen LogP contribution in [-0.4, -0.2) is 47.1 Å². The Morgan fingerprint density at radius 2 is 1.97 bits per heavy atom. The minimum atomic E-state index is -4.44. The van der Waals surface area contributed by atoms with E-state index in [1.54, 1.807) is 12.1 Å². The topological polar surface area (TPSA) is 50.6 Å². The smallest absolute Gasteiger partial charge is 0.377 e. The largest absolute Gasteiger partial charge is 0.408 e. The van der Waals surface area contributed by atoms with Gasteiger partial charge in [-0.2, -0.15) is 18.2 Å². The highest BCUT2D eigenvalue weighted by molar-refractivity contribution is 7.16. The number of rotatable bonds is 3. The van der Waals surface area contributed by atoms with Crippen LogP contribution in [0, 0.1) is 0 Å². The lowest BCUT2D eigenvalue weighted by atomic mass is 10.1. The zero-order valence-electron chi connectivity index (χ0n) is 16.5. The Morgan fingerprint density at radius 1 is 1.27 bits per heavy atom. The third kappa shape index (κ3) is 4.04. The lowest BCUT2D eigenvalue weighted by Gasteiger charge is -2.42. The van der Waals surface area contributed by atoms with Gasteiger partial charge in [-0.05, 0) is 32.4 Å². The van der Waals surface area contributed by atoms with Crippen molar-refractivity contribution in [3.05, 3.63) is 37.8 Å². The number of alkyl halides is 3. The summed E-state index contributed by atoms with van der Waals surface area (Å²) in [5.74, 6) is 0.424. The average Bonchev–Trinajstić information content (AvgIpc) is 3.06. The van der Waals surface area contributed by atoms with Gasteiger partial charge in [0.05, 0.1) is 36.2 Å². The van der Waals surface area contributed by atoms with Crippen molar-refractivity contribution in [2.24, 2.45) is 0 Å². The van der Waals surface area contributed by atoms with E-state index in [0.29, 0.717) is 28.2 Å². The summed E-state index contributed by atoms with van der Waals surface area (Å²) in [7, 11) is 0. The molecule has 0 aliphatic carbocycles. The van der Waals surface area contributed by atoms with Crippen molar-refractivity contribution >= 4 is 34.7 Å². The summed E-state index contributed by atoms with van der Waals surface area (Å²) >= 11 is 7.20. The highest BCUT2D eigenvalue weighted by atomic mass is 35.5. The van der Waals surface area contributed by atoms with Gasteiger partial charge in [-0.25, -0.2) is 0 Å². The molecular formula is C19H22ClF3N4O2S. The van der Waals surface area contributed by atoms with E-state index in [2.05, 4.69) is 4.98 Å². The normalized spacial score (nSPS) is 24.8. The van der Waals surface area contributed by atoms with Crippen LogP contribution in [0.2, 0.25) is 4.34 Å². The molecule has 4 heterocycles. The Labute approximate surface area is 180 Å². The molecule has 4 rings (SSSR count). The SMILES string of the molecule is CC1COCC(C)N1c1cc(=O)n2c(n1)N(Cc1ccc(Cl)s1)C(C(F)(F)F)CC2. The Balaban J connectivity index is 1.80. The van der Waals surface area contributed by atoms with Crippen LogP contribution >= 0.6 is 22.9 Å². The Hall–Kier alpha value is -1.78. The lowest BCUT2D eigenvalue weighted by Crippen LogP contribution is -2.53. The summed E-state index contributed by atoms with van der Waals surface area (Å²) in [6.45, 7) is 4.77. The van der Waals surface area contributed by atoms with E-state index in [1.165, 1.54) is 26.9 Å².